The third-order valence-electron chi connectivity index (χ3n) is 3.75. The first kappa shape index (κ1) is 14.6. The molecule has 0 aliphatic heterocycles. The van der Waals surface area contributed by atoms with Gasteiger partial charge in [0, 0.05) is 0 Å². The maximum atomic E-state index is 12.0. The van der Waals surface area contributed by atoms with E-state index in [0.717, 1.165) is 30.4 Å². The number of benzene rings is 1. The van der Waals surface area contributed by atoms with Gasteiger partial charge in [-0.05, 0) is 29.9 Å². The summed E-state index contributed by atoms with van der Waals surface area (Å²) in [7, 11) is 0. The summed E-state index contributed by atoms with van der Waals surface area (Å²) >= 11 is 0. The van der Waals surface area contributed by atoms with Crippen LogP contribution in [0.2, 0.25) is 0 Å². The highest BCUT2D eigenvalue weighted by atomic mass is 16.4. The van der Waals surface area contributed by atoms with Crippen molar-refractivity contribution in [2.45, 2.75) is 45.1 Å². The summed E-state index contributed by atoms with van der Waals surface area (Å²) in [5.41, 5.74) is 2.11. The van der Waals surface area contributed by atoms with Crippen LogP contribution < -0.4 is 5.32 Å². The van der Waals surface area contributed by atoms with Gasteiger partial charge in [-0.15, -0.1) is 0 Å². The van der Waals surface area contributed by atoms with Crippen molar-refractivity contribution in [3.63, 3.8) is 0 Å². The molecule has 4 nitrogen and oxygen atoms in total. The summed E-state index contributed by atoms with van der Waals surface area (Å²) in [6.45, 7) is 2.05. The van der Waals surface area contributed by atoms with Crippen LogP contribution in [0, 0.1) is 5.92 Å². The van der Waals surface area contributed by atoms with E-state index < -0.39 is 12.0 Å². The Balaban J connectivity index is 1.94. The van der Waals surface area contributed by atoms with E-state index in [2.05, 4.69) is 5.32 Å². The lowest BCUT2D eigenvalue weighted by Crippen LogP contribution is -2.41. The summed E-state index contributed by atoms with van der Waals surface area (Å²) in [6, 6.07) is 7.04. The first-order valence-corrected chi connectivity index (χ1v) is 7.19. The van der Waals surface area contributed by atoms with Gasteiger partial charge in [0.25, 0.3) is 0 Å². The van der Waals surface area contributed by atoms with Gasteiger partial charge >= 0.3 is 5.97 Å². The van der Waals surface area contributed by atoms with Crippen LogP contribution >= 0.6 is 0 Å². The average Bonchev–Trinajstić information content (AvgIpc) is 3.22. The molecular formula is C16H21NO3. The molecule has 1 aliphatic carbocycles. The molecule has 0 saturated heterocycles. The number of aryl methyl sites for hydroxylation is 1. The van der Waals surface area contributed by atoms with E-state index in [0.29, 0.717) is 12.3 Å². The fourth-order valence-electron chi connectivity index (χ4n) is 2.40. The molecule has 0 aromatic heterocycles. The lowest BCUT2D eigenvalue weighted by atomic mass is 10.0. The minimum Gasteiger partial charge on any atom is -0.480 e. The van der Waals surface area contributed by atoms with E-state index in [1.807, 2.05) is 31.2 Å². The van der Waals surface area contributed by atoms with Crippen LogP contribution in [0.4, 0.5) is 0 Å². The smallest absolute Gasteiger partial charge is 0.326 e. The van der Waals surface area contributed by atoms with Crippen molar-refractivity contribution in [1.82, 2.24) is 5.32 Å². The molecule has 1 amide bonds. The normalized spacial score (nSPS) is 15.7. The van der Waals surface area contributed by atoms with E-state index in [4.69, 9.17) is 5.11 Å². The number of carbonyl (C=O) groups is 2. The van der Waals surface area contributed by atoms with Gasteiger partial charge in [-0.3, -0.25) is 4.79 Å². The molecule has 0 radical (unpaired) electrons. The number of carboxylic acid groups (broad SMARTS) is 1. The Hall–Kier alpha value is -1.84. The molecule has 20 heavy (non-hydrogen) atoms. The Labute approximate surface area is 119 Å². The summed E-state index contributed by atoms with van der Waals surface area (Å²) < 4.78 is 0. The fraction of sp³-hybridized carbons (Fsp3) is 0.500. The molecule has 108 valence electrons. The monoisotopic (exact) mass is 275 g/mol. The van der Waals surface area contributed by atoms with Crippen molar-refractivity contribution >= 4 is 11.9 Å². The van der Waals surface area contributed by atoms with E-state index >= 15 is 0 Å². The molecule has 1 aliphatic rings. The Morgan fingerprint density at radius 2 is 1.95 bits per heavy atom. The predicted octanol–water partition coefficient (Wildman–Crippen LogP) is 2.16. The molecule has 2 N–H and O–H groups in total. The maximum absolute atomic E-state index is 12.0. The van der Waals surface area contributed by atoms with Crippen LogP contribution in [0.15, 0.2) is 24.3 Å². The van der Waals surface area contributed by atoms with Crippen LogP contribution in [0.5, 0.6) is 0 Å². The molecule has 0 bridgehead atoms. The maximum Gasteiger partial charge on any atom is 0.326 e. The molecule has 1 saturated carbocycles. The zero-order valence-electron chi connectivity index (χ0n) is 11.8. The molecule has 1 aromatic rings. The van der Waals surface area contributed by atoms with Crippen molar-refractivity contribution < 1.29 is 14.7 Å². The minimum atomic E-state index is -0.936. The first-order chi connectivity index (χ1) is 9.60. The van der Waals surface area contributed by atoms with Crippen molar-refractivity contribution in [1.29, 1.82) is 0 Å². The number of rotatable bonds is 7. The first-order valence-electron chi connectivity index (χ1n) is 7.19. The van der Waals surface area contributed by atoms with Crippen molar-refractivity contribution in [3.8, 4) is 0 Å². The lowest BCUT2D eigenvalue weighted by Gasteiger charge is -2.15. The third kappa shape index (κ3) is 4.08. The highest BCUT2D eigenvalue weighted by Crippen LogP contribution is 2.33. The highest BCUT2D eigenvalue weighted by molar-refractivity contribution is 5.85. The average molecular weight is 275 g/mol. The van der Waals surface area contributed by atoms with E-state index in [-0.39, 0.29) is 12.3 Å². The van der Waals surface area contributed by atoms with Crippen LogP contribution in [-0.4, -0.2) is 23.0 Å². The summed E-state index contributed by atoms with van der Waals surface area (Å²) in [5.74, 6) is -0.674. The van der Waals surface area contributed by atoms with Gasteiger partial charge in [0.15, 0.2) is 0 Å². The second-order valence-electron chi connectivity index (χ2n) is 5.44. The molecule has 1 atom stereocenters. The standard InChI is InChI=1S/C16H21NO3/c1-2-12-5-3-4-6-13(12)10-15(18)17-14(16(19)20)9-11-7-8-11/h3-6,11,14H,2,7-10H2,1H3,(H,17,18)(H,19,20). The van der Waals surface area contributed by atoms with Gasteiger partial charge in [-0.25, -0.2) is 4.79 Å². The van der Waals surface area contributed by atoms with E-state index in [9.17, 15) is 9.59 Å². The predicted molar refractivity (Wildman–Crippen MR) is 76.4 cm³/mol. The Morgan fingerprint density at radius 1 is 1.30 bits per heavy atom. The van der Waals surface area contributed by atoms with E-state index in [1.165, 1.54) is 0 Å². The van der Waals surface area contributed by atoms with Crippen LogP contribution in [0.1, 0.15) is 37.3 Å². The number of hydrogen-bond acceptors (Lipinski definition) is 2. The molecule has 1 aromatic carbocycles. The Morgan fingerprint density at radius 3 is 2.50 bits per heavy atom. The Bertz CT molecular complexity index is 494. The summed E-state index contributed by atoms with van der Waals surface area (Å²) in [6.07, 6.45) is 3.83. The largest absolute Gasteiger partial charge is 0.480 e. The van der Waals surface area contributed by atoms with Gasteiger partial charge in [0.05, 0.1) is 6.42 Å². The number of carbonyl (C=O) groups excluding carboxylic acids is 1. The Kier molecular flexibility index (Phi) is 4.77. The fourth-order valence-corrected chi connectivity index (χ4v) is 2.40. The highest BCUT2D eigenvalue weighted by Gasteiger charge is 2.30. The second kappa shape index (κ2) is 6.55. The van der Waals surface area contributed by atoms with Crippen molar-refractivity contribution in [3.05, 3.63) is 35.4 Å². The second-order valence-corrected chi connectivity index (χ2v) is 5.44. The lowest BCUT2D eigenvalue weighted by molar-refractivity contribution is -0.142. The van der Waals surface area contributed by atoms with E-state index in [1.54, 1.807) is 0 Å². The van der Waals surface area contributed by atoms with Crippen LogP contribution in [0.25, 0.3) is 0 Å². The number of carboxylic acids is 1. The molecule has 2 rings (SSSR count). The van der Waals surface area contributed by atoms with Crippen LogP contribution in [-0.2, 0) is 22.4 Å². The van der Waals surface area contributed by atoms with Crippen molar-refractivity contribution in [2.75, 3.05) is 0 Å². The molecule has 4 heteroatoms. The molecule has 1 unspecified atom stereocenters. The molecule has 1 fully saturated rings. The van der Waals surface area contributed by atoms with Gasteiger partial charge in [-0.1, -0.05) is 44.0 Å². The molecule has 0 spiro atoms. The zero-order valence-corrected chi connectivity index (χ0v) is 11.8. The van der Waals surface area contributed by atoms with Gasteiger partial charge < -0.3 is 10.4 Å². The topological polar surface area (TPSA) is 66.4 Å². The number of nitrogens with one attached hydrogen (secondary N) is 1. The van der Waals surface area contributed by atoms with Gasteiger partial charge in [0.2, 0.25) is 5.91 Å². The molecular weight excluding hydrogens is 254 g/mol. The third-order valence-corrected chi connectivity index (χ3v) is 3.75. The summed E-state index contributed by atoms with van der Waals surface area (Å²) in [4.78, 5) is 23.2. The van der Waals surface area contributed by atoms with Gasteiger partial charge in [-0.2, -0.15) is 0 Å². The quantitative estimate of drug-likeness (QED) is 0.801. The van der Waals surface area contributed by atoms with Gasteiger partial charge in [0.1, 0.15) is 6.04 Å². The number of aliphatic carboxylic acids is 1. The SMILES string of the molecule is CCc1ccccc1CC(=O)NC(CC1CC1)C(=O)O. The minimum absolute atomic E-state index is 0.209. The van der Waals surface area contributed by atoms with Crippen LogP contribution in [0.3, 0.4) is 0 Å². The molecule has 0 heterocycles. The summed E-state index contributed by atoms with van der Waals surface area (Å²) in [5, 5.41) is 11.8. The number of hydrogen-bond donors (Lipinski definition) is 2. The van der Waals surface area contributed by atoms with Crippen molar-refractivity contribution in [2.24, 2.45) is 5.92 Å². The zero-order chi connectivity index (χ0) is 14.5. The number of amides is 1.